The van der Waals surface area contributed by atoms with E-state index in [0.29, 0.717) is 0 Å². The molecule has 1 aliphatic rings. The van der Waals surface area contributed by atoms with Crippen LogP contribution in [0, 0.1) is 0 Å². The van der Waals surface area contributed by atoms with Gasteiger partial charge in [-0.05, 0) is 6.92 Å². The van der Waals surface area contributed by atoms with Crippen LogP contribution in [0.4, 0.5) is 0 Å². The van der Waals surface area contributed by atoms with Crippen molar-refractivity contribution < 1.29 is 4.74 Å². The highest BCUT2D eigenvalue weighted by Gasteiger charge is 2.03. The monoisotopic (exact) mass is 111 g/mol. The minimum absolute atomic E-state index is 0.885. The lowest BCUT2D eigenvalue weighted by molar-refractivity contribution is 0.288. The summed E-state index contributed by atoms with van der Waals surface area (Å²) in [6.07, 6.45) is 2.64. The molecule has 0 radical (unpaired) electrons. The molecule has 0 bridgehead atoms. The van der Waals surface area contributed by atoms with Crippen LogP contribution in [0.25, 0.3) is 0 Å². The number of nitrogens with zero attached hydrogens (tertiary/aromatic N) is 1. The topological polar surface area (TPSA) is 21.6 Å². The molecule has 0 spiro atoms. The van der Waals surface area contributed by atoms with Crippen molar-refractivity contribution >= 4 is 5.71 Å². The molecule has 0 aromatic heterocycles. The molecule has 0 amide bonds. The Morgan fingerprint density at radius 3 is 2.75 bits per heavy atom. The number of hydrogen-bond donors (Lipinski definition) is 0. The third kappa shape index (κ3) is 0.886. The molecular formula is C6H9NO. The quantitative estimate of drug-likeness (QED) is 0.500. The highest BCUT2D eigenvalue weighted by Crippen LogP contribution is 2.10. The van der Waals surface area contributed by atoms with Crippen molar-refractivity contribution in [1.82, 2.24) is 0 Å². The number of hydrogen-bond acceptors (Lipinski definition) is 2. The first-order chi connectivity index (χ1) is 3.83. The fourth-order valence-corrected chi connectivity index (χ4v) is 0.650. The smallest absolute Gasteiger partial charge is 0.119 e. The van der Waals surface area contributed by atoms with Crippen molar-refractivity contribution in [3.05, 3.63) is 12.0 Å². The van der Waals surface area contributed by atoms with Crippen LogP contribution >= 0.6 is 0 Å². The van der Waals surface area contributed by atoms with E-state index in [2.05, 4.69) is 4.99 Å². The van der Waals surface area contributed by atoms with E-state index in [9.17, 15) is 0 Å². The SMILES string of the molecule is COC1=CN=C(C)C1. The van der Waals surface area contributed by atoms with Gasteiger partial charge in [-0.1, -0.05) is 0 Å². The molecule has 0 aromatic carbocycles. The molecule has 0 aliphatic carbocycles. The lowest BCUT2D eigenvalue weighted by Crippen LogP contribution is -1.88. The largest absolute Gasteiger partial charge is 0.499 e. The lowest BCUT2D eigenvalue weighted by Gasteiger charge is -1.95. The van der Waals surface area contributed by atoms with E-state index in [1.807, 2.05) is 6.92 Å². The maximum Gasteiger partial charge on any atom is 0.119 e. The van der Waals surface area contributed by atoms with Gasteiger partial charge in [0.1, 0.15) is 5.76 Å². The summed E-state index contributed by atoms with van der Waals surface area (Å²) in [5.41, 5.74) is 1.13. The van der Waals surface area contributed by atoms with Crippen molar-refractivity contribution in [2.24, 2.45) is 4.99 Å². The predicted molar refractivity (Wildman–Crippen MR) is 32.8 cm³/mol. The summed E-state index contributed by atoms with van der Waals surface area (Å²) in [4.78, 5) is 4.02. The molecule has 2 nitrogen and oxygen atoms in total. The van der Waals surface area contributed by atoms with Crippen LogP contribution in [0.3, 0.4) is 0 Å². The summed E-state index contributed by atoms with van der Waals surface area (Å²) in [5.74, 6) is 0.961. The maximum atomic E-state index is 4.93. The van der Waals surface area contributed by atoms with E-state index in [-0.39, 0.29) is 0 Å². The van der Waals surface area contributed by atoms with Gasteiger partial charge >= 0.3 is 0 Å². The molecule has 44 valence electrons. The van der Waals surface area contributed by atoms with Gasteiger partial charge in [-0.2, -0.15) is 0 Å². The molecule has 0 fully saturated rings. The Hall–Kier alpha value is -0.790. The van der Waals surface area contributed by atoms with E-state index in [0.717, 1.165) is 17.9 Å². The van der Waals surface area contributed by atoms with Gasteiger partial charge in [0.15, 0.2) is 0 Å². The van der Waals surface area contributed by atoms with E-state index >= 15 is 0 Å². The van der Waals surface area contributed by atoms with E-state index in [1.54, 1.807) is 13.3 Å². The van der Waals surface area contributed by atoms with E-state index in [1.165, 1.54) is 0 Å². The van der Waals surface area contributed by atoms with Gasteiger partial charge in [-0.15, -0.1) is 0 Å². The van der Waals surface area contributed by atoms with Gasteiger partial charge in [0, 0.05) is 12.1 Å². The Bertz CT molecular complexity index is 147. The van der Waals surface area contributed by atoms with E-state index in [4.69, 9.17) is 4.74 Å². The average molecular weight is 111 g/mol. The van der Waals surface area contributed by atoms with E-state index < -0.39 is 0 Å². The fourth-order valence-electron chi connectivity index (χ4n) is 0.650. The Balaban J connectivity index is 2.49. The first kappa shape index (κ1) is 5.35. The molecule has 0 atom stereocenters. The second kappa shape index (κ2) is 1.99. The first-order valence-electron chi connectivity index (χ1n) is 2.59. The van der Waals surface area contributed by atoms with Gasteiger partial charge in [0.25, 0.3) is 0 Å². The highest BCUT2D eigenvalue weighted by atomic mass is 16.5. The second-order valence-electron chi connectivity index (χ2n) is 1.84. The normalized spacial score (nSPS) is 17.8. The van der Waals surface area contributed by atoms with Crippen molar-refractivity contribution in [2.75, 3.05) is 7.11 Å². The van der Waals surface area contributed by atoms with Crippen molar-refractivity contribution in [3.8, 4) is 0 Å². The molecule has 0 saturated carbocycles. The Morgan fingerprint density at radius 2 is 2.50 bits per heavy atom. The summed E-state index contributed by atoms with van der Waals surface area (Å²) in [6.45, 7) is 1.99. The van der Waals surface area contributed by atoms with Crippen LogP contribution in [-0.4, -0.2) is 12.8 Å². The van der Waals surface area contributed by atoms with Gasteiger partial charge in [0.05, 0.1) is 13.3 Å². The fraction of sp³-hybridized carbons (Fsp3) is 0.500. The van der Waals surface area contributed by atoms with Gasteiger partial charge in [-0.25, -0.2) is 0 Å². The molecule has 8 heavy (non-hydrogen) atoms. The Morgan fingerprint density at radius 1 is 1.75 bits per heavy atom. The zero-order valence-corrected chi connectivity index (χ0v) is 5.14. The lowest BCUT2D eigenvalue weighted by atomic mass is 10.3. The van der Waals surface area contributed by atoms with Crippen LogP contribution < -0.4 is 0 Å². The zero-order valence-electron chi connectivity index (χ0n) is 5.14. The highest BCUT2D eigenvalue weighted by molar-refractivity contribution is 5.86. The van der Waals surface area contributed by atoms with Crippen LogP contribution in [-0.2, 0) is 4.74 Å². The maximum absolute atomic E-state index is 4.93. The summed E-state index contributed by atoms with van der Waals surface area (Å²) in [7, 11) is 1.67. The summed E-state index contributed by atoms with van der Waals surface area (Å²) in [5, 5.41) is 0. The first-order valence-corrected chi connectivity index (χ1v) is 2.59. The average Bonchev–Trinajstić information content (AvgIpc) is 2.14. The third-order valence-electron chi connectivity index (χ3n) is 1.12. The molecule has 0 saturated heterocycles. The molecule has 2 heteroatoms. The van der Waals surface area contributed by atoms with Crippen molar-refractivity contribution in [2.45, 2.75) is 13.3 Å². The standard InChI is InChI=1S/C6H9NO/c1-5-3-6(8-2)4-7-5/h4H,3H2,1-2H3. The third-order valence-corrected chi connectivity index (χ3v) is 1.12. The molecule has 0 unspecified atom stereocenters. The molecule has 0 aromatic rings. The van der Waals surface area contributed by atoms with Crippen LogP contribution in [0.1, 0.15) is 13.3 Å². The van der Waals surface area contributed by atoms with Gasteiger partial charge in [0.2, 0.25) is 0 Å². The molecule has 1 aliphatic heterocycles. The second-order valence-corrected chi connectivity index (χ2v) is 1.84. The van der Waals surface area contributed by atoms with Crippen molar-refractivity contribution in [3.63, 3.8) is 0 Å². The number of allylic oxidation sites excluding steroid dienone is 1. The Kier molecular flexibility index (Phi) is 1.33. The molecule has 0 N–H and O–H groups in total. The van der Waals surface area contributed by atoms with Crippen LogP contribution in [0.5, 0.6) is 0 Å². The molecule has 1 heterocycles. The summed E-state index contributed by atoms with van der Waals surface area (Å²) in [6, 6.07) is 0. The Labute approximate surface area is 48.9 Å². The summed E-state index contributed by atoms with van der Waals surface area (Å²) >= 11 is 0. The zero-order chi connectivity index (χ0) is 5.98. The van der Waals surface area contributed by atoms with Crippen molar-refractivity contribution in [1.29, 1.82) is 0 Å². The number of aliphatic imine (C=N–C) groups is 1. The van der Waals surface area contributed by atoms with Crippen LogP contribution in [0.15, 0.2) is 17.0 Å². The number of methoxy groups -OCH3 is 1. The summed E-state index contributed by atoms with van der Waals surface area (Å²) < 4.78 is 4.93. The molecular weight excluding hydrogens is 102 g/mol. The predicted octanol–water partition coefficient (Wildman–Crippen LogP) is 1.34. The number of ether oxygens (including phenoxy) is 1. The van der Waals surface area contributed by atoms with Gasteiger partial charge in [-0.3, -0.25) is 4.99 Å². The molecule has 1 rings (SSSR count). The number of rotatable bonds is 1. The van der Waals surface area contributed by atoms with Crippen LogP contribution in [0.2, 0.25) is 0 Å². The minimum Gasteiger partial charge on any atom is -0.499 e. The minimum atomic E-state index is 0.885. The van der Waals surface area contributed by atoms with Gasteiger partial charge < -0.3 is 4.74 Å².